The number of hydrogen-bond acceptors (Lipinski definition) is 6. The zero-order chi connectivity index (χ0) is 23.1. The minimum Gasteiger partial charge on any atom is -0.497 e. The van der Waals surface area contributed by atoms with Gasteiger partial charge < -0.3 is 14.1 Å². The molecule has 1 saturated carbocycles. The number of methoxy groups -OCH3 is 1. The molecular weight excluding hydrogens is 442 g/mol. The van der Waals surface area contributed by atoms with E-state index in [-0.39, 0.29) is 6.17 Å². The van der Waals surface area contributed by atoms with Crippen molar-refractivity contribution in [3.05, 3.63) is 81.3 Å². The van der Waals surface area contributed by atoms with E-state index in [2.05, 4.69) is 59.4 Å². The average Bonchev–Trinajstić information content (AvgIpc) is 3.47. The summed E-state index contributed by atoms with van der Waals surface area (Å²) >= 11 is 1.84. The molecule has 174 valence electrons. The van der Waals surface area contributed by atoms with Crippen LogP contribution in [0.1, 0.15) is 67.1 Å². The standard InChI is InChI=1S/C28H29N3O2S/c1-3-4-6-19-7-5-8-22-25-16-31(15-21-14-29-17-33-21)27(30-28(25)34-26(19)22)23-12-11-20(32-2)13-24(23)18-9-10-18/h5,7-8,11-14,16-18,27H,3-4,6,9-10,15H2,1-2H3. The lowest BCUT2D eigenvalue weighted by Crippen LogP contribution is -2.35. The quantitative estimate of drug-likeness (QED) is 0.331. The molecule has 6 rings (SSSR count). The highest BCUT2D eigenvalue weighted by atomic mass is 32.1. The lowest BCUT2D eigenvalue weighted by Gasteiger charge is -2.30. The van der Waals surface area contributed by atoms with Gasteiger partial charge in [-0.1, -0.05) is 37.6 Å². The van der Waals surface area contributed by atoms with Crippen molar-refractivity contribution in [2.75, 3.05) is 7.11 Å². The Morgan fingerprint density at radius 1 is 1.18 bits per heavy atom. The number of rotatable bonds is 8. The third kappa shape index (κ3) is 3.90. The number of benzene rings is 2. The van der Waals surface area contributed by atoms with Gasteiger partial charge in [-0.25, -0.2) is 9.98 Å². The fraction of sp³-hybridized carbons (Fsp3) is 0.357. The average molecular weight is 472 g/mol. The summed E-state index contributed by atoms with van der Waals surface area (Å²) in [7, 11) is 1.74. The van der Waals surface area contributed by atoms with Crippen molar-refractivity contribution in [1.29, 1.82) is 0 Å². The number of unbranched alkanes of at least 4 members (excludes halogenated alkanes) is 1. The first-order valence-corrected chi connectivity index (χ1v) is 13.0. The fourth-order valence-electron chi connectivity index (χ4n) is 4.93. The first kappa shape index (κ1) is 21.4. The van der Waals surface area contributed by atoms with Crippen molar-refractivity contribution >= 4 is 27.6 Å². The van der Waals surface area contributed by atoms with Crippen molar-refractivity contribution in [1.82, 2.24) is 9.88 Å². The molecule has 1 atom stereocenters. The first-order valence-electron chi connectivity index (χ1n) is 12.2. The molecular formula is C28H29N3O2S. The molecule has 4 aromatic rings. The van der Waals surface area contributed by atoms with Gasteiger partial charge in [-0.3, -0.25) is 0 Å². The minimum absolute atomic E-state index is 0.105. The molecule has 1 fully saturated rings. The SMILES string of the molecule is CCCCc1cccc2c3c(sc12)=NC(c1ccc(OC)cc1C1CC1)N(Cc1cnco1)C=3. The summed E-state index contributed by atoms with van der Waals surface area (Å²) in [6.07, 6.45) is 11.5. The molecule has 34 heavy (non-hydrogen) atoms. The Kier molecular flexibility index (Phi) is 5.61. The van der Waals surface area contributed by atoms with Gasteiger partial charge in [0, 0.05) is 27.1 Å². The van der Waals surface area contributed by atoms with Crippen LogP contribution in [0.15, 0.2) is 58.4 Å². The van der Waals surface area contributed by atoms with Crippen molar-refractivity contribution in [3.63, 3.8) is 0 Å². The maximum atomic E-state index is 5.64. The Balaban J connectivity index is 1.52. The van der Waals surface area contributed by atoms with Crippen LogP contribution in [-0.4, -0.2) is 17.0 Å². The van der Waals surface area contributed by atoms with Gasteiger partial charge in [-0.2, -0.15) is 0 Å². The first-order chi connectivity index (χ1) is 16.7. The molecule has 2 aliphatic rings. The van der Waals surface area contributed by atoms with E-state index in [4.69, 9.17) is 14.1 Å². The molecule has 0 N–H and O–H groups in total. The van der Waals surface area contributed by atoms with E-state index in [1.807, 2.05) is 11.3 Å². The Bertz CT molecular complexity index is 1440. The summed E-state index contributed by atoms with van der Waals surface area (Å²) in [6, 6.07) is 13.2. The second-order valence-corrected chi connectivity index (χ2v) is 10.3. The second kappa shape index (κ2) is 8.91. The van der Waals surface area contributed by atoms with Gasteiger partial charge in [0.25, 0.3) is 0 Å². The fourth-order valence-corrected chi connectivity index (χ4v) is 6.14. The second-order valence-electron chi connectivity index (χ2n) is 9.26. The van der Waals surface area contributed by atoms with Gasteiger partial charge in [0.15, 0.2) is 6.39 Å². The summed E-state index contributed by atoms with van der Waals surface area (Å²) in [5, 5.41) is 2.52. The van der Waals surface area contributed by atoms with E-state index in [0.717, 1.165) is 22.6 Å². The molecule has 0 radical (unpaired) electrons. The highest BCUT2D eigenvalue weighted by molar-refractivity contribution is 7.16. The van der Waals surface area contributed by atoms with E-state index in [0.29, 0.717) is 12.5 Å². The minimum atomic E-state index is -0.105. The Morgan fingerprint density at radius 3 is 2.85 bits per heavy atom. The van der Waals surface area contributed by atoms with E-state index in [1.54, 1.807) is 13.3 Å². The van der Waals surface area contributed by atoms with Crippen molar-refractivity contribution < 1.29 is 9.15 Å². The Morgan fingerprint density at radius 2 is 2.09 bits per heavy atom. The summed E-state index contributed by atoms with van der Waals surface area (Å²) in [5.74, 6) is 2.34. The van der Waals surface area contributed by atoms with E-state index in [9.17, 15) is 0 Å². The largest absolute Gasteiger partial charge is 0.497 e. The molecule has 0 spiro atoms. The molecule has 3 heterocycles. The van der Waals surface area contributed by atoms with Crippen molar-refractivity contribution in [3.8, 4) is 5.75 Å². The molecule has 0 bridgehead atoms. The van der Waals surface area contributed by atoms with Crippen LogP contribution in [0, 0.1) is 0 Å². The Hall–Kier alpha value is -3.12. The molecule has 2 aromatic carbocycles. The van der Waals surface area contributed by atoms with Crippen LogP contribution >= 0.6 is 11.3 Å². The monoisotopic (exact) mass is 471 g/mol. The number of aryl methyl sites for hydroxylation is 1. The van der Waals surface area contributed by atoms with Crippen molar-refractivity contribution in [2.45, 2.75) is 57.7 Å². The van der Waals surface area contributed by atoms with Crippen LogP contribution < -0.4 is 14.6 Å². The lowest BCUT2D eigenvalue weighted by molar-refractivity contribution is 0.274. The number of hydrogen-bond donors (Lipinski definition) is 0. The summed E-state index contributed by atoms with van der Waals surface area (Å²) < 4.78 is 13.7. The number of oxazole rings is 1. The van der Waals surface area contributed by atoms with Gasteiger partial charge in [0.1, 0.15) is 22.3 Å². The zero-order valence-electron chi connectivity index (χ0n) is 19.7. The van der Waals surface area contributed by atoms with Crippen LogP contribution in [0.4, 0.5) is 0 Å². The van der Waals surface area contributed by atoms with E-state index < -0.39 is 0 Å². The maximum Gasteiger partial charge on any atom is 0.180 e. The van der Waals surface area contributed by atoms with Crippen LogP contribution in [0.25, 0.3) is 16.3 Å². The number of ether oxygens (including phenoxy) is 1. The molecule has 1 aliphatic carbocycles. The molecule has 6 heteroatoms. The third-order valence-corrected chi connectivity index (χ3v) is 8.08. The van der Waals surface area contributed by atoms with Gasteiger partial charge in [0.05, 0.1) is 19.9 Å². The van der Waals surface area contributed by atoms with Crippen LogP contribution in [-0.2, 0) is 13.0 Å². The normalized spacial score (nSPS) is 17.4. The molecule has 0 amide bonds. The number of fused-ring (bicyclic) bond motifs is 3. The van der Waals surface area contributed by atoms with Crippen LogP contribution in [0.5, 0.6) is 5.75 Å². The topological polar surface area (TPSA) is 50.9 Å². The summed E-state index contributed by atoms with van der Waals surface area (Å²) in [4.78, 5) is 11.8. The number of aromatic nitrogens is 1. The van der Waals surface area contributed by atoms with Gasteiger partial charge in [-0.15, -0.1) is 11.3 Å². The predicted octanol–water partition coefficient (Wildman–Crippen LogP) is 5.69. The van der Waals surface area contributed by atoms with Gasteiger partial charge in [0.2, 0.25) is 0 Å². The number of nitrogens with zero attached hydrogens (tertiary/aromatic N) is 3. The summed E-state index contributed by atoms with van der Waals surface area (Å²) in [6.45, 7) is 2.87. The number of thiophene rings is 1. The molecule has 5 nitrogen and oxygen atoms in total. The van der Waals surface area contributed by atoms with Crippen molar-refractivity contribution in [2.24, 2.45) is 4.99 Å². The highest BCUT2D eigenvalue weighted by Gasteiger charge is 2.32. The summed E-state index contributed by atoms with van der Waals surface area (Å²) in [5.41, 5.74) is 4.05. The van der Waals surface area contributed by atoms with E-state index in [1.165, 1.54) is 64.1 Å². The highest BCUT2D eigenvalue weighted by Crippen LogP contribution is 2.45. The smallest absolute Gasteiger partial charge is 0.180 e. The molecule has 0 saturated heterocycles. The van der Waals surface area contributed by atoms with Crippen LogP contribution in [0.2, 0.25) is 0 Å². The molecule has 1 unspecified atom stereocenters. The third-order valence-electron chi connectivity index (χ3n) is 6.88. The van der Waals surface area contributed by atoms with Gasteiger partial charge in [-0.05, 0) is 54.9 Å². The zero-order valence-corrected chi connectivity index (χ0v) is 20.5. The predicted molar refractivity (Wildman–Crippen MR) is 135 cm³/mol. The Labute approximate surface area is 203 Å². The van der Waals surface area contributed by atoms with Gasteiger partial charge >= 0.3 is 0 Å². The van der Waals surface area contributed by atoms with E-state index >= 15 is 0 Å². The lowest BCUT2D eigenvalue weighted by atomic mass is 9.99. The maximum absolute atomic E-state index is 5.64. The molecule has 2 aromatic heterocycles. The molecule has 1 aliphatic heterocycles. The van der Waals surface area contributed by atoms with Crippen LogP contribution in [0.3, 0.4) is 0 Å².